The van der Waals surface area contributed by atoms with E-state index in [2.05, 4.69) is 34.3 Å². The van der Waals surface area contributed by atoms with Crippen LogP contribution in [0, 0.1) is 11.7 Å². The highest BCUT2D eigenvalue weighted by Gasteiger charge is 2.23. The van der Waals surface area contributed by atoms with Gasteiger partial charge in [0.2, 0.25) is 11.9 Å². The number of thioether (sulfide) groups is 1. The van der Waals surface area contributed by atoms with Crippen molar-refractivity contribution in [2.45, 2.75) is 31.5 Å². The van der Waals surface area contributed by atoms with E-state index in [1.165, 1.54) is 23.9 Å². The number of nitrogens with zero attached hydrogens (tertiary/aromatic N) is 4. The van der Waals surface area contributed by atoms with Gasteiger partial charge in [-0.05, 0) is 36.1 Å². The highest BCUT2D eigenvalue weighted by Crippen LogP contribution is 2.28. The van der Waals surface area contributed by atoms with Gasteiger partial charge in [-0.25, -0.2) is 4.39 Å². The number of ether oxygens (including phenoxy) is 1. The molecule has 4 rings (SSSR count). The minimum atomic E-state index is -0.341. The van der Waals surface area contributed by atoms with E-state index in [1.54, 1.807) is 6.07 Å². The number of hydrogen-bond donors (Lipinski definition) is 1. The van der Waals surface area contributed by atoms with Crippen molar-refractivity contribution < 1.29 is 13.9 Å². The molecular weight excluding hydrogens is 453 g/mol. The van der Waals surface area contributed by atoms with Crippen molar-refractivity contribution in [3.05, 3.63) is 66.0 Å². The van der Waals surface area contributed by atoms with Crippen LogP contribution in [0.25, 0.3) is 5.69 Å². The van der Waals surface area contributed by atoms with Crippen LogP contribution in [0.5, 0.6) is 0 Å². The number of anilines is 1. The molecule has 2 aromatic carbocycles. The van der Waals surface area contributed by atoms with Crippen molar-refractivity contribution in [2.75, 3.05) is 37.0 Å². The lowest BCUT2D eigenvalue weighted by Crippen LogP contribution is -2.38. The Morgan fingerprint density at radius 3 is 2.59 bits per heavy atom. The number of carbonyl (C=O) groups excluding carboxylic acids is 1. The van der Waals surface area contributed by atoms with Crippen LogP contribution in [0.2, 0.25) is 0 Å². The number of hydrogen-bond acceptors (Lipinski definition) is 6. The first-order valence-corrected chi connectivity index (χ1v) is 12.5. The average molecular weight is 484 g/mol. The van der Waals surface area contributed by atoms with Gasteiger partial charge in [0.05, 0.1) is 30.7 Å². The molecule has 1 atom stereocenters. The first-order chi connectivity index (χ1) is 16.5. The van der Waals surface area contributed by atoms with Gasteiger partial charge in [-0.2, -0.15) is 0 Å². The molecule has 34 heavy (non-hydrogen) atoms. The van der Waals surface area contributed by atoms with Crippen LogP contribution >= 0.6 is 11.8 Å². The molecular formula is C25H30FN5O2S. The molecule has 0 spiro atoms. The Morgan fingerprint density at radius 1 is 1.12 bits per heavy atom. The molecule has 1 aromatic heterocycles. The van der Waals surface area contributed by atoms with Gasteiger partial charge in [-0.15, -0.1) is 10.2 Å². The molecule has 9 heteroatoms. The highest BCUT2D eigenvalue weighted by molar-refractivity contribution is 7.99. The number of aromatic nitrogens is 3. The van der Waals surface area contributed by atoms with Crippen LogP contribution in [-0.4, -0.2) is 52.7 Å². The van der Waals surface area contributed by atoms with Gasteiger partial charge in [0.15, 0.2) is 5.16 Å². The second kappa shape index (κ2) is 11.5. The Labute approximate surface area is 203 Å². The fourth-order valence-electron chi connectivity index (χ4n) is 3.97. The monoisotopic (exact) mass is 483 g/mol. The van der Waals surface area contributed by atoms with Crippen molar-refractivity contribution in [3.8, 4) is 5.69 Å². The Morgan fingerprint density at radius 2 is 1.88 bits per heavy atom. The number of benzene rings is 2. The molecule has 1 amide bonds. The number of halogens is 1. The zero-order valence-corrected chi connectivity index (χ0v) is 20.3. The molecule has 0 saturated carbocycles. The Bertz CT molecular complexity index is 1090. The lowest BCUT2D eigenvalue weighted by atomic mass is 9.97. The Hall–Kier alpha value is -2.91. The van der Waals surface area contributed by atoms with Gasteiger partial charge >= 0.3 is 0 Å². The summed E-state index contributed by atoms with van der Waals surface area (Å²) in [6.45, 7) is 6.82. The van der Waals surface area contributed by atoms with Gasteiger partial charge in [0.1, 0.15) is 5.82 Å². The SMILES string of the molecule is CC(C)CC(NC(=O)CSc1nnc(N2CCOCC2)n1-c1cccc(F)c1)c1ccccc1. The van der Waals surface area contributed by atoms with Gasteiger partial charge in [-0.3, -0.25) is 9.36 Å². The number of amides is 1. The van der Waals surface area contributed by atoms with Crippen molar-refractivity contribution in [2.24, 2.45) is 5.92 Å². The third-order valence-corrected chi connectivity index (χ3v) is 6.48. The summed E-state index contributed by atoms with van der Waals surface area (Å²) in [4.78, 5) is 15.0. The maximum absolute atomic E-state index is 14.0. The predicted molar refractivity (Wildman–Crippen MR) is 132 cm³/mol. The van der Waals surface area contributed by atoms with E-state index in [0.717, 1.165) is 12.0 Å². The Balaban J connectivity index is 1.51. The van der Waals surface area contributed by atoms with E-state index >= 15 is 0 Å². The van der Waals surface area contributed by atoms with Crippen molar-refractivity contribution in [3.63, 3.8) is 0 Å². The predicted octanol–water partition coefficient (Wildman–Crippen LogP) is 4.24. The van der Waals surface area contributed by atoms with Crippen molar-refractivity contribution in [1.82, 2.24) is 20.1 Å². The summed E-state index contributed by atoms with van der Waals surface area (Å²) < 4.78 is 21.3. The lowest BCUT2D eigenvalue weighted by molar-refractivity contribution is -0.119. The van der Waals surface area contributed by atoms with E-state index < -0.39 is 0 Å². The van der Waals surface area contributed by atoms with Crippen molar-refractivity contribution in [1.29, 1.82) is 0 Å². The summed E-state index contributed by atoms with van der Waals surface area (Å²) in [6.07, 6.45) is 0.848. The fraction of sp³-hybridized carbons (Fsp3) is 0.400. The third kappa shape index (κ3) is 6.15. The second-order valence-electron chi connectivity index (χ2n) is 8.65. The molecule has 1 fully saturated rings. The van der Waals surface area contributed by atoms with Crippen LogP contribution in [0.3, 0.4) is 0 Å². The van der Waals surface area contributed by atoms with Crippen molar-refractivity contribution >= 4 is 23.6 Å². The standard InChI is InChI=1S/C25H30FN5O2S/c1-18(2)15-22(19-7-4-3-5-8-19)27-23(32)17-34-25-29-28-24(30-11-13-33-14-12-30)31(25)21-10-6-9-20(26)16-21/h3-10,16,18,22H,11-15,17H2,1-2H3,(H,27,32). The quantitative estimate of drug-likeness (QED) is 0.459. The van der Waals surface area contributed by atoms with Crippen LogP contribution in [0.15, 0.2) is 59.8 Å². The maximum atomic E-state index is 14.0. The molecule has 0 bridgehead atoms. The van der Waals surface area contributed by atoms with Crippen LogP contribution in [0.4, 0.5) is 10.3 Å². The van der Waals surface area contributed by atoms with E-state index in [9.17, 15) is 9.18 Å². The average Bonchev–Trinajstić information content (AvgIpc) is 3.27. The molecule has 1 saturated heterocycles. The molecule has 1 N–H and O–H groups in total. The molecule has 0 aliphatic carbocycles. The second-order valence-corrected chi connectivity index (χ2v) is 9.59. The molecule has 7 nitrogen and oxygen atoms in total. The summed E-state index contributed by atoms with van der Waals surface area (Å²) in [5.74, 6) is 0.815. The summed E-state index contributed by atoms with van der Waals surface area (Å²) >= 11 is 1.29. The van der Waals surface area contributed by atoms with Crippen LogP contribution in [-0.2, 0) is 9.53 Å². The summed E-state index contributed by atoms with van der Waals surface area (Å²) in [7, 11) is 0. The zero-order chi connectivity index (χ0) is 23.9. The lowest BCUT2D eigenvalue weighted by Gasteiger charge is -2.28. The molecule has 1 aliphatic heterocycles. The molecule has 3 aromatic rings. The minimum Gasteiger partial charge on any atom is -0.378 e. The smallest absolute Gasteiger partial charge is 0.232 e. The maximum Gasteiger partial charge on any atom is 0.232 e. The molecule has 0 radical (unpaired) electrons. The van der Waals surface area contributed by atoms with Gasteiger partial charge < -0.3 is 15.0 Å². The first-order valence-electron chi connectivity index (χ1n) is 11.5. The largest absolute Gasteiger partial charge is 0.378 e. The summed E-state index contributed by atoms with van der Waals surface area (Å²) in [5.41, 5.74) is 1.71. The first kappa shape index (κ1) is 24.2. The normalized spacial score (nSPS) is 14.9. The van der Waals surface area contributed by atoms with E-state index in [4.69, 9.17) is 4.74 Å². The molecule has 2 heterocycles. The molecule has 180 valence electrons. The third-order valence-electron chi connectivity index (χ3n) is 5.55. The van der Waals surface area contributed by atoms with Gasteiger partial charge in [-0.1, -0.05) is 62.0 Å². The summed E-state index contributed by atoms with van der Waals surface area (Å²) in [5, 5.41) is 12.4. The van der Waals surface area contributed by atoms with Gasteiger partial charge in [0.25, 0.3) is 0 Å². The topological polar surface area (TPSA) is 72.3 Å². The highest BCUT2D eigenvalue weighted by atomic mass is 32.2. The van der Waals surface area contributed by atoms with E-state index in [-0.39, 0.29) is 23.5 Å². The van der Waals surface area contributed by atoms with E-state index in [1.807, 2.05) is 41.0 Å². The number of rotatable bonds is 9. The number of carbonyl (C=O) groups is 1. The Kier molecular flexibility index (Phi) is 8.18. The molecule has 1 aliphatic rings. The zero-order valence-electron chi connectivity index (χ0n) is 19.5. The van der Waals surface area contributed by atoms with E-state index in [0.29, 0.717) is 49.0 Å². The minimum absolute atomic E-state index is 0.0562. The van der Waals surface area contributed by atoms with Crippen LogP contribution in [0.1, 0.15) is 31.9 Å². The number of morpholine rings is 1. The summed E-state index contributed by atoms with van der Waals surface area (Å²) in [6, 6.07) is 16.3. The molecule has 1 unspecified atom stereocenters. The van der Waals surface area contributed by atoms with Gasteiger partial charge in [0, 0.05) is 13.1 Å². The van der Waals surface area contributed by atoms with Crippen LogP contribution < -0.4 is 10.2 Å². The number of nitrogens with one attached hydrogen (secondary N) is 1. The fourth-order valence-corrected chi connectivity index (χ4v) is 4.72.